The molecule has 2 unspecified atom stereocenters. The van der Waals surface area contributed by atoms with Gasteiger partial charge in [0.15, 0.2) is 0 Å². The summed E-state index contributed by atoms with van der Waals surface area (Å²) < 4.78 is 0. The summed E-state index contributed by atoms with van der Waals surface area (Å²) in [6.45, 7) is 5.17. The number of hydrogen-bond donors (Lipinski definition) is 1. The Morgan fingerprint density at radius 1 is 1.40 bits per heavy atom. The third kappa shape index (κ3) is 2.71. The second-order valence-corrected chi connectivity index (χ2v) is 4.45. The van der Waals surface area contributed by atoms with Crippen LogP contribution in [0.25, 0.3) is 0 Å². The number of nitrogens with one attached hydrogen (secondary N) is 1. The highest BCUT2D eigenvalue weighted by atomic mass is 35.5. The Morgan fingerprint density at radius 2 is 2.13 bits per heavy atom. The highest BCUT2D eigenvalue weighted by Crippen LogP contribution is 2.22. The molecule has 0 saturated carbocycles. The van der Waals surface area contributed by atoms with Crippen LogP contribution in [0.15, 0.2) is 24.3 Å². The minimum absolute atomic E-state index is 0.403. The van der Waals surface area contributed by atoms with E-state index in [9.17, 15) is 0 Å². The van der Waals surface area contributed by atoms with E-state index in [1.807, 2.05) is 12.1 Å². The van der Waals surface area contributed by atoms with Gasteiger partial charge in [0, 0.05) is 30.7 Å². The quantitative estimate of drug-likeness (QED) is 0.816. The number of hydrogen-bond acceptors (Lipinski definition) is 1. The summed E-state index contributed by atoms with van der Waals surface area (Å²) in [6, 6.07) is 8.49. The highest BCUT2D eigenvalue weighted by molar-refractivity contribution is 6.30. The molecule has 2 rings (SSSR count). The second kappa shape index (κ2) is 4.97. The van der Waals surface area contributed by atoms with Crippen molar-refractivity contribution < 1.29 is 0 Å². The summed E-state index contributed by atoms with van der Waals surface area (Å²) in [5.74, 6) is 0.468. The van der Waals surface area contributed by atoms with E-state index in [1.54, 1.807) is 0 Å². The molecule has 81 valence electrons. The van der Waals surface area contributed by atoms with E-state index in [4.69, 9.17) is 11.6 Å². The van der Waals surface area contributed by atoms with Crippen LogP contribution in [0.5, 0.6) is 0 Å². The van der Waals surface area contributed by atoms with Crippen molar-refractivity contribution in [3.05, 3.63) is 34.9 Å². The van der Waals surface area contributed by atoms with Gasteiger partial charge in [-0.15, -0.1) is 0 Å². The lowest BCUT2D eigenvalue weighted by Crippen LogP contribution is -2.46. The molecule has 1 N–H and O–H groups in total. The fourth-order valence-electron chi connectivity index (χ4n) is 1.95. The first-order chi connectivity index (χ1) is 7.27. The van der Waals surface area contributed by atoms with E-state index in [0.29, 0.717) is 12.0 Å². The van der Waals surface area contributed by atoms with Crippen LogP contribution in [0.2, 0.25) is 5.02 Å². The van der Waals surface area contributed by atoms with Gasteiger partial charge in [-0.1, -0.05) is 30.7 Å². The van der Waals surface area contributed by atoms with Crippen molar-refractivity contribution >= 4 is 11.6 Å². The monoisotopic (exact) mass is 223 g/mol. The summed E-state index contributed by atoms with van der Waals surface area (Å²) in [7, 11) is 0. The topological polar surface area (TPSA) is 26.1 Å². The Labute approximate surface area is 96.0 Å². The van der Waals surface area contributed by atoms with Crippen molar-refractivity contribution in [3.8, 4) is 0 Å². The summed E-state index contributed by atoms with van der Waals surface area (Å²) in [6.07, 6.45) is 0. The zero-order valence-corrected chi connectivity index (χ0v) is 9.67. The minimum Gasteiger partial charge on any atom is -0.314 e. The Hall–Kier alpha value is -0.570. The third-order valence-electron chi connectivity index (χ3n) is 2.98. The number of rotatable bonds is 2. The van der Waals surface area contributed by atoms with Gasteiger partial charge in [-0.2, -0.15) is 0 Å². The predicted octanol–water partition coefficient (Wildman–Crippen LogP) is 2.02. The SMILES string of the molecule is CC(c1ccc(Cl)cc1)C1CNCC[N]1. The molecule has 0 aliphatic carbocycles. The highest BCUT2D eigenvalue weighted by Gasteiger charge is 2.21. The second-order valence-electron chi connectivity index (χ2n) is 4.02. The van der Waals surface area contributed by atoms with Crippen LogP contribution in [-0.4, -0.2) is 25.7 Å². The first-order valence-corrected chi connectivity index (χ1v) is 5.78. The van der Waals surface area contributed by atoms with Gasteiger partial charge in [-0.25, -0.2) is 5.32 Å². The van der Waals surface area contributed by atoms with E-state index >= 15 is 0 Å². The van der Waals surface area contributed by atoms with Crippen molar-refractivity contribution in [2.75, 3.05) is 19.6 Å². The van der Waals surface area contributed by atoms with Crippen LogP contribution >= 0.6 is 11.6 Å². The lowest BCUT2D eigenvalue weighted by molar-refractivity contribution is 0.370. The number of benzene rings is 1. The molecule has 1 saturated heterocycles. The molecule has 1 radical (unpaired) electrons. The van der Waals surface area contributed by atoms with Crippen molar-refractivity contribution in [1.82, 2.24) is 10.6 Å². The van der Waals surface area contributed by atoms with E-state index < -0.39 is 0 Å². The van der Waals surface area contributed by atoms with Gasteiger partial charge in [-0.05, 0) is 23.6 Å². The maximum absolute atomic E-state index is 5.87. The van der Waals surface area contributed by atoms with Gasteiger partial charge in [0.1, 0.15) is 0 Å². The number of nitrogens with zero attached hydrogens (tertiary/aromatic N) is 1. The van der Waals surface area contributed by atoms with Gasteiger partial charge in [0.05, 0.1) is 0 Å². The summed E-state index contributed by atoms with van der Waals surface area (Å²) in [4.78, 5) is 0. The van der Waals surface area contributed by atoms with Crippen LogP contribution in [0.3, 0.4) is 0 Å². The van der Waals surface area contributed by atoms with Crippen molar-refractivity contribution in [2.24, 2.45) is 0 Å². The molecule has 1 aliphatic rings. The van der Waals surface area contributed by atoms with Gasteiger partial charge >= 0.3 is 0 Å². The number of halogens is 1. The largest absolute Gasteiger partial charge is 0.314 e. The molecule has 1 aromatic carbocycles. The van der Waals surface area contributed by atoms with Crippen LogP contribution in [0.4, 0.5) is 0 Å². The van der Waals surface area contributed by atoms with Crippen molar-refractivity contribution in [3.63, 3.8) is 0 Å². The minimum atomic E-state index is 0.403. The maximum atomic E-state index is 5.87. The lowest BCUT2D eigenvalue weighted by Gasteiger charge is -2.28. The Kier molecular flexibility index (Phi) is 3.62. The standard InChI is InChI=1S/C12H16ClN2/c1-9(12-8-14-6-7-15-12)10-2-4-11(13)5-3-10/h2-5,9,12,14H,6-8H2,1H3. The molecule has 2 atom stereocenters. The molecule has 1 aliphatic heterocycles. The summed E-state index contributed by atoms with van der Waals surface area (Å²) in [5, 5.41) is 8.81. The van der Waals surface area contributed by atoms with Crippen LogP contribution in [-0.2, 0) is 0 Å². The molecule has 0 amide bonds. The van der Waals surface area contributed by atoms with E-state index in [2.05, 4.69) is 29.7 Å². The van der Waals surface area contributed by atoms with Gasteiger partial charge in [-0.3, -0.25) is 0 Å². The van der Waals surface area contributed by atoms with Crippen LogP contribution in [0, 0.1) is 0 Å². The molecular weight excluding hydrogens is 208 g/mol. The first-order valence-electron chi connectivity index (χ1n) is 5.40. The van der Waals surface area contributed by atoms with Gasteiger partial charge in [0.2, 0.25) is 0 Å². The molecule has 1 heterocycles. The average Bonchev–Trinajstić information content (AvgIpc) is 2.30. The Morgan fingerprint density at radius 3 is 2.73 bits per heavy atom. The molecule has 0 aromatic heterocycles. The lowest BCUT2D eigenvalue weighted by atomic mass is 9.92. The fraction of sp³-hybridized carbons (Fsp3) is 0.500. The summed E-state index contributed by atoms with van der Waals surface area (Å²) in [5.41, 5.74) is 1.32. The Bertz CT molecular complexity index is 304. The Balaban J connectivity index is 2.05. The molecule has 15 heavy (non-hydrogen) atoms. The maximum Gasteiger partial charge on any atom is 0.0437 e. The average molecular weight is 224 g/mol. The van der Waals surface area contributed by atoms with Gasteiger partial charge < -0.3 is 5.32 Å². The molecule has 0 bridgehead atoms. The smallest absolute Gasteiger partial charge is 0.0437 e. The van der Waals surface area contributed by atoms with E-state index in [1.165, 1.54) is 5.56 Å². The van der Waals surface area contributed by atoms with E-state index in [-0.39, 0.29) is 0 Å². The van der Waals surface area contributed by atoms with Crippen LogP contribution < -0.4 is 10.6 Å². The summed E-state index contributed by atoms with van der Waals surface area (Å²) >= 11 is 5.87. The number of piperazine rings is 1. The molecule has 2 nitrogen and oxygen atoms in total. The van der Waals surface area contributed by atoms with Gasteiger partial charge in [0.25, 0.3) is 0 Å². The van der Waals surface area contributed by atoms with Crippen molar-refractivity contribution in [2.45, 2.75) is 18.9 Å². The van der Waals surface area contributed by atoms with E-state index in [0.717, 1.165) is 24.7 Å². The molecular formula is C12H16ClN2. The zero-order chi connectivity index (χ0) is 10.7. The predicted molar refractivity (Wildman–Crippen MR) is 63.5 cm³/mol. The van der Waals surface area contributed by atoms with Crippen LogP contribution in [0.1, 0.15) is 18.4 Å². The first kappa shape index (κ1) is 10.9. The molecule has 3 heteroatoms. The third-order valence-corrected chi connectivity index (χ3v) is 3.23. The zero-order valence-electron chi connectivity index (χ0n) is 8.91. The fourth-order valence-corrected chi connectivity index (χ4v) is 2.07. The molecule has 0 spiro atoms. The normalized spacial score (nSPS) is 23.7. The molecule has 1 fully saturated rings. The molecule has 1 aromatic rings. The van der Waals surface area contributed by atoms with Crippen molar-refractivity contribution in [1.29, 1.82) is 0 Å².